The number of hydrogen-bond acceptors (Lipinski definition) is 1. The molecule has 0 radical (unpaired) electrons. The molecule has 0 aromatic carbocycles. The average molecular weight is 234 g/mol. The lowest BCUT2D eigenvalue weighted by atomic mass is 9.71. The Kier molecular flexibility index (Phi) is 3.41. The van der Waals surface area contributed by atoms with E-state index in [0.717, 1.165) is 12.3 Å². The Hall–Kier alpha value is -1.05. The highest BCUT2D eigenvalue weighted by Crippen LogP contribution is 2.48. The normalized spacial score (nSPS) is 33.8. The van der Waals surface area contributed by atoms with E-state index in [0.29, 0.717) is 17.4 Å². The molecule has 94 valence electrons. The zero-order valence-corrected chi connectivity index (χ0v) is 11.0. The molecule has 2 aliphatic carbocycles. The summed E-state index contributed by atoms with van der Waals surface area (Å²) in [4.78, 5) is 10.9. The van der Waals surface area contributed by atoms with Gasteiger partial charge in [0.2, 0.25) is 0 Å². The van der Waals surface area contributed by atoms with Crippen molar-refractivity contribution in [1.29, 1.82) is 0 Å². The average Bonchev–Trinajstić information content (AvgIpc) is 2.66. The van der Waals surface area contributed by atoms with Gasteiger partial charge in [-0.1, -0.05) is 24.1 Å². The summed E-state index contributed by atoms with van der Waals surface area (Å²) in [6.07, 6.45) is 6.81. The second kappa shape index (κ2) is 4.67. The van der Waals surface area contributed by atoms with E-state index in [1.54, 1.807) is 12.5 Å². The maximum Gasteiger partial charge on any atom is 0.330 e. The zero-order chi connectivity index (χ0) is 12.6. The predicted octanol–water partition coefficient (Wildman–Crippen LogP) is 3.79. The van der Waals surface area contributed by atoms with Crippen molar-refractivity contribution in [3.63, 3.8) is 0 Å². The number of fused-ring (bicyclic) bond motifs is 1. The number of carboxylic acid groups (broad SMARTS) is 1. The largest absolute Gasteiger partial charge is 0.478 e. The molecule has 0 aromatic heterocycles. The van der Waals surface area contributed by atoms with Crippen LogP contribution in [-0.2, 0) is 4.79 Å². The standard InChI is InChI=1S/C15H22O2/c1-9-4-6-12(8-11(3)15(16)17)14-10(2)5-7-13(9)14/h8-9,12-13H,4-7H2,1-3H3,(H,16,17)/b11-8+/t9-,12+,13?/m1/s1. The molecule has 0 spiro atoms. The summed E-state index contributed by atoms with van der Waals surface area (Å²) >= 11 is 0. The van der Waals surface area contributed by atoms with Crippen molar-refractivity contribution in [3.8, 4) is 0 Å². The minimum absolute atomic E-state index is 0.384. The van der Waals surface area contributed by atoms with Crippen LogP contribution in [0.15, 0.2) is 22.8 Å². The van der Waals surface area contributed by atoms with Crippen molar-refractivity contribution in [2.45, 2.75) is 46.5 Å². The molecule has 1 unspecified atom stereocenters. The second-order valence-electron chi connectivity index (χ2n) is 5.70. The summed E-state index contributed by atoms with van der Waals surface area (Å²) in [5.74, 6) is 1.09. The summed E-state index contributed by atoms with van der Waals surface area (Å²) < 4.78 is 0. The molecule has 0 aliphatic heterocycles. The lowest BCUT2D eigenvalue weighted by molar-refractivity contribution is -0.132. The number of carbonyl (C=O) groups is 1. The van der Waals surface area contributed by atoms with E-state index in [-0.39, 0.29) is 0 Å². The zero-order valence-electron chi connectivity index (χ0n) is 11.0. The Bertz CT molecular complexity index is 390. The maximum atomic E-state index is 10.9. The number of hydrogen-bond donors (Lipinski definition) is 1. The highest BCUT2D eigenvalue weighted by molar-refractivity contribution is 5.85. The third kappa shape index (κ3) is 2.31. The fourth-order valence-corrected chi connectivity index (χ4v) is 3.52. The summed E-state index contributed by atoms with van der Waals surface area (Å²) in [5.41, 5.74) is 3.57. The fraction of sp³-hybridized carbons (Fsp3) is 0.667. The van der Waals surface area contributed by atoms with E-state index < -0.39 is 5.97 Å². The molecule has 2 rings (SSSR count). The molecule has 2 heteroatoms. The van der Waals surface area contributed by atoms with Crippen LogP contribution < -0.4 is 0 Å². The molecule has 0 saturated heterocycles. The van der Waals surface area contributed by atoms with Gasteiger partial charge in [-0.25, -0.2) is 4.79 Å². The minimum atomic E-state index is -0.781. The van der Waals surface area contributed by atoms with E-state index in [2.05, 4.69) is 13.8 Å². The molecule has 0 amide bonds. The van der Waals surface area contributed by atoms with Gasteiger partial charge in [-0.05, 0) is 57.3 Å². The first-order valence-corrected chi connectivity index (χ1v) is 6.62. The molecular weight excluding hydrogens is 212 g/mol. The van der Waals surface area contributed by atoms with Gasteiger partial charge >= 0.3 is 5.97 Å². The van der Waals surface area contributed by atoms with Crippen LogP contribution in [0.2, 0.25) is 0 Å². The van der Waals surface area contributed by atoms with Gasteiger partial charge in [-0.2, -0.15) is 0 Å². The van der Waals surface area contributed by atoms with E-state index in [1.165, 1.54) is 24.8 Å². The summed E-state index contributed by atoms with van der Waals surface area (Å²) in [6.45, 7) is 6.28. The summed E-state index contributed by atoms with van der Waals surface area (Å²) in [7, 11) is 0. The second-order valence-corrected chi connectivity index (χ2v) is 5.70. The van der Waals surface area contributed by atoms with E-state index >= 15 is 0 Å². The van der Waals surface area contributed by atoms with Crippen LogP contribution in [0.1, 0.15) is 46.5 Å². The van der Waals surface area contributed by atoms with Crippen LogP contribution >= 0.6 is 0 Å². The van der Waals surface area contributed by atoms with Crippen molar-refractivity contribution in [1.82, 2.24) is 0 Å². The van der Waals surface area contributed by atoms with Crippen LogP contribution in [-0.4, -0.2) is 11.1 Å². The van der Waals surface area contributed by atoms with E-state index in [4.69, 9.17) is 5.11 Å². The Morgan fingerprint density at radius 3 is 2.71 bits per heavy atom. The highest BCUT2D eigenvalue weighted by atomic mass is 16.4. The Balaban J connectivity index is 2.27. The molecule has 1 fully saturated rings. The van der Waals surface area contributed by atoms with Crippen LogP contribution in [0.5, 0.6) is 0 Å². The molecule has 0 aromatic rings. The first kappa shape index (κ1) is 12.4. The van der Waals surface area contributed by atoms with Crippen LogP contribution in [0.25, 0.3) is 0 Å². The van der Waals surface area contributed by atoms with E-state index in [1.807, 2.05) is 6.08 Å². The van der Waals surface area contributed by atoms with Crippen molar-refractivity contribution in [2.24, 2.45) is 17.8 Å². The quantitative estimate of drug-likeness (QED) is 0.583. The van der Waals surface area contributed by atoms with Gasteiger partial charge < -0.3 is 5.11 Å². The molecule has 3 atom stereocenters. The molecule has 0 bridgehead atoms. The van der Waals surface area contributed by atoms with Gasteiger partial charge in [0.15, 0.2) is 0 Å². The minimum Gasteiger partial charge on any atom is -0.478 e. The SMILES string of the molecule is CC1=C2C(CC1)[C@H](C)CC[C@H]2/C=C(\C)C(=O)O. The van der Waals surface area contributed by atoms with Crippen LogP contribution in [0.4, 0.5) is 0 Å². The molecule has 0 heterocycles. The monoisotopic (exact) mass is 234 g/mol. The topological polar surface area (TPSA) is 37.3 Å². The fourth-order valence-electron chi connectivity index (χ4n) is 3.52. The van der Waals surface area contributed by atoms with Gasteiger partial charge in [0.25, 0.3) is 0 Å². The van der Waals surface area contributed by atoms with Gasteiger partial charge in [-0.3, -0.25) is 0 Å². The lowest BCUT2D eigenvalue weighted by Gasteiger charge is -2.34. The van der Waals surface area contributed by atoms with Crippen LogP contribution in [0.3, 0.4) is 0 Å². The van der Waals surface area contributed by atoms with Crippen LogP contribution in [0, 0.1) is 17.8 Å². The molecular formula is C15H22O2. The maximum absolute atomic E-state index is 10.9. The number of rotatable bonds is 2. The van der Waals surface area contributed by atoms with E-state index in [9.17, 15) is 4.79 Å². The van der Waals surface area contributed by atoms with Gasteiger partial charge in [-0.15, -0.1) is 0 Å². The third-order valence-electron chi connectivity index (χ3n) is 4.53. The molecule has 1 saturated carbocycles. The number of allylic oxidation sites excluding steroid dienone is 3. The lowest BCUT2D eigenvalue weighted by Crippen LogP contribution is -2.23. The van der Waals surface area contributed by atoms with Gasteiger partial charge in [0.1, 0.15) is 0 Å². The third-order valence-corrected chi connectivity index (χ3v) is 4.53. The molecule has 2 aliphatic rings. The Morgan fingerprint density at radius 2 is 2.06 bits per heavy atom. The van der Waals surface area contributed by atoms with Crippen molar-refractivity contribution in [3.05, 3.63) is 22.8 Å². The summed E-state index contributed by atoms with van der Waals surface area (Å²) in [5, 5.41) is 8.99. The first-order chi connectivity index (χ1) is 8.00. The van der Waals surface area contributed by atoms with Gasteiger partial charge in [0.05, 0.1) is 0 Å². The van der Waals surface area contributed by atoms with Crippen molar-refractivity contribution >= 4 is 5.97 Å². The molecule has 17 heavy (non-hydrogen) atoms. The molecule has 1 N–H and O–H groups in total. The first-order valence-electron chi connectivity index (χ1n) is 6.62. The predicted molar refractivity (Wildman–Crippen MR) is 68.7 cm³/mol. The summed E-state index contributed by atoms with van der Waals surface area (Å²) in [6, 6.07) is 0. The Labute approximate surface area is 103 Å². The van der Waals surface area contributed by atoms with Crippen molar-refractivity contribution < 1.29 is 9.90 Å². The van der Waals surface area contributed by atoms with Crippen molar-refractivity contribution in [2.75, 3.05) is 0 Å². The smallest absolute Gasteiger partial charge is 0.330 e. The Morgan fingerprint density at radius 1 is 1.35 bits per heavy atom. The highest BCUT2D eigenvalue weighted by Gasteiger charge is 2.35. The molecule has 2 nitrogen and oxygen atoms in total. The number of carboxylic acids is 1. The number of aliphatic carboxylic acids is 1. The van der Waals surface area contributed by atoms with Gasteiger partial charge in [0, 0.05) is 5.57 Å².